The summed E-state index contributed by atoms with van der Waals surface area (Å²) in [5.41, 5.74) is 0.871. The predicted molar refractivity (Wildman–Crippen MR) is 114 cm³/mol. The van der Waals surface area contributed by atoms with Crippen molar-refractivity contribution in [1.82, 2.24) is 9.29 Å². The third kappa shape index (κ3) is 4.16. The van der Waals surface area contributed by atoms with Gasteiger partial charge in [0, 0.05) is 18.1 Å². The second kappa shape index (κ2) is 8.34. The molecule has 10 heteroatoms. The van der Waals surface area contributed by atoms with Crippen molar-refractivity contribution in [2.75, 3.05) is 18.4 Å². The van der Waals surface area contributed by atoms with Gasteiger partial charge in [-0.15, -0.1) is 0 Å². The first-order valence-corrected chi connectivity index (χ1v) is 11.4. The first kappa shape index (κ1) is 21.0. The Bertz CT molecular complexity index is 1140. The summed E-state index contributed by atoms with van der Waals surface area (Å²) in [6, 6.07) is 9.32. The number of halogens is 2. The molecule has 0 saturated carbocycles. The van der Waals surface area contributed by atoms with Crippen LogP contribution in [0.15, 0.2) is 41.3 Å². The number of carbonyl (C=O) groups excluding carboxylic acids is 1. The lowest BCUT2D eigenvalue weighted by molar-refractivity contribution is 0.102. The zero-order valence-electron chi connectivity index (χ0n) is 15.1. The van der Waals surface area contributed by atoms with Gasteiger partial charge in [0.15, 0.2) is 5.13 Å². The lowest BCUT2D eigenvalue weighted by atomic mass is 10.2. The predicted octanol–water partition coefficient (Wildman–Crippen LogP) is 4.89. The van der Waals surface area contributed by atoms with E-state index in [1.165, 1.54) is 33.8 Å². The molecule has 0 atom stereocenters. The number of fused-ring (bicyclic) bond motifs is 1. The van der Waals surface area contributed by atoms with Crippen molar-refractivity contribution in [2.45, 2.75) is 18.7 Å². The number of sulfonamides is 1. The van der Waals surface area contributed by atoms with Gasteiger partial charge in [-0.1, -0.05) is 48.4 Å². The van der Waals surface area contributed by atoms with Crippen molar-refractivity contribution in [3.8, 4) is 0 Å². The summed E-state index contributed by atoms with van der Waals surface area (Å²) in [6.07, 6.45) is 0. The molecule has 0 aliphatic carbocycles. The molecule has 1 aromatic heterocycles. The molecule has 3 aromatic rings. The number of hydrogen-bond donors (Lipinski definition) is 1. The molecule has 0 saturated heterocycles. The van der Waals surface area contributed by atoms with E-state index in [1.807, 2.05) is 0 Å². The first-order valence-electron chi connectivity index (χ1n) is 8.43. The molecule has 0 aliphatic rings. The molecular formula is C18H17Cl2N3O3S2. The van der Waals surface area contributed by atoms with E-state index >= 15 is 0 Å². The number of benzene rings is 2. The van der Waals surface area contributed by atoms with Crippen LogP contribution in [0.25, 0.3) is 10.2 Å². The number of amides is 1. The maximum atomic E-state index is 12.7. The highest BCUT2D eigenvalue weighted by molar-refractivity contribution is 7.89. The maximum Gasteiger partial charge on any atom is 0.258 e. The molecule has 0 radical (unpaired) electrons. The number of rotatable bonds is 6. The molecule has 6 nitrogen and oxygen atoms in total. The molecule has 0 spiro atoms. The molecule has 3 rings (SSSR count). The summed E-state index contributed by atoms with van der Waals surface area (Å²) in [7, 11) is -3.56. The summed E-state index contributed by atoms with van der Waals surface area (Å²) in [4.78, 5) is 17.0. The Hall–Kier alpha value is -1.71. The SMILES string of the molecule is CCN(CC)S(=O)(=O)c1ccc2nc(NC(=O)c3ccc(Cl)cc3Cl)sc2c1. The Kier molecular flexibility index (Phi) is 6.26. The van der Waals surface area contributed by atoms with Crippen molar-refractivity contribution in [3.63, 3.8) is 0 Å². The van der Waals surface area contributed by atoms with Crippen LogP contribution >= 0.6 is 34.5 Å². The highest BCUT2D eigenvalue weighted by Gasteiger charge is 2.22. The van der Waals surface area contributed by atoms with Crippen LogP contribution in [0, 0.1) is 0 Å². The summed E-state index contributed by atoms with van der Waals surface area (Å²) in [5, 5.41) is 3.71. The Balaban J connectivity index is 1.90. The van der Waals surface area contributed by atoms with Crippen LogP contribution in [0.4, 0.5) is 5.13 Å². The van der Waals surface area contributed by atoms with E-state index in [1.54, 1.807) is 32.0 Å². The molecule has 0 fully saturated rings. The standard InChI is InChI=1S/C18H17Cl2N3O3S2/c1-3-23(4-2)28(25,26)12-6-8-15-16(10-12)27-18(21-15)22-17(24)13-7-5-11(19)9-14(13)20/h5-10H,3-4H2,1-2H3,(H,21,22,24). The number of hydrogen-bond acceptors (Lipinski definition) is 5. The van der Waals surface area contributed by atoms with Gasteiger partial charge in [-0.2, -0.15) is 4.31 Å². The highest BCUT2D eigenvalue weighted by Crippen LogP contribution is 2.30. The minimum absolute atomic E-state index is 0.200. The topological polar surface area (TPSA) is 79.4 Å². The third-order valence-corrected chi connectivity index (χ3v) is 7.63. The fraction of sp³-hybridized carbons (Fsp3) is 0.222. The fourth-order valence-electron chi connectivity index (χ4n) is 2.67. The Morgan fingerprint density at radius 2 is 1.86 bits per heavy atom. The van der Waals surface area contributed by atoms with E-state index in [2.05, 4.69) is 10.3 Å². The fourth-order valence-corrected chi connectivity index (χ4v) is 5.62. The molecule has 28 heavy (non-hydrogen) atoms. The van der Waals surface area contributed by atoms with Gasteiger partial charge in [-0.25, -0.2) is 13.4 Å². The minimum Gasteiger partial charge on any atom is -0.298 e. The molecule has 0 unspecified atom stereocenters. The summed E-state index contributed by atoms with van der Waals surface area (Å²) < 4.78 is 27.4. The average molecular weight is 458 g/mol. The summed E-state index contributed by atoms with van der Waals surface area (Å²) >= 11 is 13.1. The van der Waals surface area contributed by atoms with Gasteiger partial charge in [0.05, 0.1) is 25.7 Å². The Labute approximate surface area is 177 Å². The smallest absolute Gasteiger partial charge is 0.258 e. The van der Waals surface area contributed by atoms with Crippen molar-refractivity contribution in [3.05, 3.63) is 52.0 Å². The van der Waals surface area contributed by atoms with E-state index in [4.69, 9.17) is 23.2 Å². The van der Waals surface area contributed by atoms with Gasteiger partial charge in [-0.3, -0.25) is 10.1 Å². The first-order chi connectivity index (χ1) is 13.3. The number of thiazole rings is 1. The summed E-state index contributed by atoms with van der Waals surface area (Å²) in [5.74, 6) is -0.420. The van der Waals surface area contributed by atoms with Crippen LogP contribution in [-0.4, -0.2) is 36.7 Å². The van der Waals surface area contributed by atoms with E-state index in [0.29, 0.717) is 33.5 Å². The number of anilines is 1. The van der Waals surface area contributed by atoms with Crippen LogP contribution in [0.3, 0.4) is 0 Å². The van der Waals surface area contributed by atoms with Crippen molar-refractivity contribution in [1.29, 1.82) is 0 Å². The van der Waals surface area contributed by atoms with Gasteiger partial charge < -0.3 is 0 Å². The quantitative estimate of drug-likeness (QED) is 0.571. The third-order valence-electron chi connectivity index (χ3n) is 4.10. The van der Waals surface area contributed by atoms with Crippen molar-refractivity contribution < 1.29 is 13.2 Å². The Morgan fingerprint density at radius 3 is 2.50 bits per heavy atom. The highest BCUT2D eigenvalue weighted by atomic mass is 35.5. The van der Waals surface area contributed by atoms with Crippen LogP contribution in [0.5, 0.6) is 0 Å². The maximum absolute atomic E-state index is 12.7. The van der Waals surface area contributed by atoms with Gasteiger partial charge >= 0.3 is 0 Å². The van der Waals surface area contributed by atoms with Gasteiger partial charge in [0.25, 0.3) is 5.91 Å². The van der Waals surface area contributed by atoms with Crippen LogP contribution < -0.4 is 5.32 Å². The van der Waals surface area contributed by atoms with E-state index in [9.17, 15) is 13.2 Å². The lowest BCUT2D eigenvalue weighted by Crippen LogP contribution is -2.30. The van der Waals surface area contributed by atoms with Crippen molar-refractivity contribution >= 4 is 65.8 Å². The minimum atomic E-state index is -3.56. The normalized spacial score (nSPS) is 11.9. The molecule has 0 bridgehead atoms. The largest absolute Gasteiger partial charge is 0.298 e. The zero-order valence-corrected chi connectivity index (χ0v) is 18.2. The second-order valence-corrected chi connectivity index (χ2v) is 9.63. The van der Waals surface area contributed by atoms with Gasteiger partial charge in [0.2, 0.25) is 10.0 Å². The monoisotopic (exact) mass is 457 g/mol. The number of nitrogens with one attached hydrogen (secondary N) is 1. The second-order valence-electron chi connectivity index (χ2n) is 5.82. The van der Waals surface area contributed by atoms with Crippen LogP contribution in [-0.2, 0) is 10.0 Å². The number of carbonyl (C=O) groups is 1. The molecule has 148 valence electrons. The molecule has 1 N–H and O–H groups in total. The van der Waals surface area contributed by atoms with Gasteiger partial charge in [-0.05, 0) is 36.4 Å². The zero-order chi connectivity index (χ0) is 20.5. The molecular weight excluding hydrogens is 441 g/mol. The molecule has 0 aliphatic heterocycles. The molecule has 2 aromatic carbocycles. The van der Waals surface area contributed by atoms with E-state index in [0.717, 1.165) is 0 Å². The van der Waals surface area contributed by atoms with E-state index < -0.39 is 15.9 Å². The Morgan fingerprint density at radius 1 is 1.14 bits per heavy atom. The van der Waals surface area contributed by atoms with E-state index in [-0.39, 0.29) is 15.5 Å². The van der Waals surface area contributed by atoms with Gasteiger partial charge in [0.1, 0.15) is 0 Å². The number of aromatic nitrogens is 1. The average Bonchev–Trinajstić information content (AvgIpc) is 3.03. The lowest BCUT2D eigenvalue weighted by Gasteiger charge is -2.18. The van der Waals surface area contributed by atoms with Crippen molar-refractivity contribution in [2.24, 2.45) is 0 Å². The molecule has 1 heterocycles. The van der Waals surface area contributed by atoms with Crippen LogP contribution in [0.2, 0.25) is 10.0 Å². The van der Waals surface area contributed by atoms with Crippen LogP contribution in [0.1, 0.15) is 24.2 Å². The molecule has 1 amide bonds. The number of nitrogens with zero attached hydrogens (tertiary/aromatic N) is 2. The summed E-state index contributed by atoms with van der Waals surface area (Å²) in [6.45, 7) is 4.37.